The van der Waals surface area contributed by atoms with E-state index in [0.29, 0.717) is 19.7 Å². The SMILES string of the molecule is CCNC(=NCc1ccccc1COC)N(C)Cc1ncc(-c2ccccc2)[nH]1. The number of nitrogens with one attached hydrogen (secondary N) is 2. The Morgan fingerprint density at radius 2 is 1.83 bits per heavy atom. The van der Waals surface area contributed by atoms with Crippen LogP contribution in [0.3, 0.4) is 0 Å². The Morgan fingerprint density at radius 3 is 2.55 bits per heavy atom. The molecule has 2 aromatic carbocycles. The molecule has 0 amide bonds. The highest BCUT2D eigenvalue weighted by Gasteiger charge is 2.10. The van der Waals surface area contributed by atoms with Gasteiger partial charge in [0.2, 0.25) is 0 Å². The van der Waals surface area contributed by atoms with Crippen LogP contribution in [0.4, 0.5) is 0 Å². The van der Waals surface area contributed by atoms with E-state index in [2.05, 4.69) is 51.4 Å². The summed E-state index contributed by atoms with van der Waals surface area (Å²) in [5, 5.41) is 3.37. The minimum Gasteiger partial charge on any atom is -0.380 e. The number of H-pyrrole nitrogens is 1. The van der Waals surface area contributed by atoms with Crippen molar-refractivity contribution in [2.24, 2.45) is 4.99 Å². The number of nitrogens with zero attached hydrogens (tertiary/aromatic N) is 3. The lowest BCUT2D eigenvalue weighted by atomic mass is 10.1. The summed E-state index contributed by atoms with van der Waals surface area (Å²) in [6, 6.07) is 18.5. The van der Waals surface area contributed by atoms with Crippen molar-refractivity contribution in [1.29, 1.82) is 0 Å². The molecule has 0 radical (unpaired) electrons. The fourth-order valence-electron chi connectivity index (χ4n) is 3.14. The predicted molar refractivity (Wildman–Crippen MR) is 117 cm³/mol. The molecule has 1 heterocycles. The zero-order valence-electron chi connectivity index (χ0n) is 17.4. The van der Waals surface area contributed by atoms with E-state index >= 15 is 0 Å². The van der Waals surface area contributed by atoms with Crippen LogP contribution in [-0.2, 0) is 24.4 Å². The molecule has 0 unspecified atom stereocenters. The Kier molecular flexibility index (Phi) is 7.41. The molecule has 3 rings (SSSR count). The second-order valence-corrected chi connectivity index (χ2v) is 6.84. The van der Waals surface area contributed by atoms with E-state index in [1.807, 2.05) is 43.6 Å². The molecule has 0 atom stereocenters. The van der Waals surface area contributed by atoms with Gasteiger partial charge in [-0.05, 0) is 23.6 Å². The van der Waals surface area contributed by atoms with Gasteiger partial charge in [-0.15, -0.1) is 0 Å². The van der Waals surface area contributed by atoms with E-state index in [0.717, 1.165) is 35.1 Å². The number of methoxy groups -OCH3 is 1. The van der Waals surface area contributed by atoms with E-state index < -0.39 is 0 Å². The fraction of sp³-hybridized carbons (Fsp3) is 0.304. The number of aliphatic imine (C=N–C) groups is 1. The molecule has 0 bridgehead atoms. The van der Waals surface area contributed by atoms with E-state index in [4.69, 9.17) is 9.73 Å². The summed E-state index contributed by atoms with van der Waals surface area (Å²) in [6.45, 7) is 4.70. The van der Waals surface area contributed by atoms with Crippen LogP contribution < -0.4 is 5.32 Å². The smallest absolute Gasteiger partial charge is 0.194 e. The summed E-state index contributed by atoms with van der Waals surface area (Å²) >= 11 is 0. The maximum Gasteiger partial charge on any atom is 0.194 e. The van der Waals surface area contributed by atoms with E-state index in [-0.39, 0.29) is 0 Å². The molecule has 0 spiro atoms. The van der Waals surface area contributed by atoms with E-state index in [1.54, 1.807) is 7.11 Å². The number of rotatable bonds is 8. The molecule has 1 aromatic heterocycles. The van der Waals surface area contributed by atoms with Crippen molar-refractivity contribution < 1.29 is 4.74 Å². The first-order valence-corrected chi connectivity index (χ1v) is 9.85. The second kappa shape index (κ2) is 10.4. The van der Waals surface area contributed by atoms with Gasteiger partial charge in [-0.3, -0.25) is 0 Å². The van der Waals surface area contributed by atoms with Gasteiger partial charge >= 0.3 is 0 Å². The molecule has 0 fully saturated rings. The van der Waals surface area contributed by atoms with Gasteiger partial charge in [0.25, 0.3) is 0 Å². The van der Waals surface area contributed by atoms with Crippen LogP contribution in [0.5, 0.6) is 0 Å². The van der Waals surface area contributed by atoms with Crippen molar-refractivity contribution >= 4 is 5.96 Å². The molecular weight excluding hydrogens is 362 g/mol. The van der Waals surface area contributed by atoms with Crippen LogP contribution in [0, 0.1) is 0 Å². The van der Waals surface area contributed by atoms with Crippen molar-refractivity contribution in [1.82, 2.24) is 20.2 Å². The second-order valence-electron chi connectivity index (χ2n) is 6.84. The zero-order chi connectivity index (χ0) is 20.5. The lowest BCUT2D eigenvalue weighted by molar-refractivity contribution is 0.184. The van der Waals surface area contributed by atoms with Gasteiger partial charge in [0, 0.05) is 20.7 Å². The predicted octanol–water partition coefficient (Wildman–Crippen LogP) is 3.82. The quantitative estimate of drug-likeness (QED) is 0.453. The topological polar surface area (TPSA) is 65.5 Å². The number of hydrogen-bond acceptors (Lipinski definition) is 3. The van der Waals surface area contributed by atoms with Crippen molar-refractivity contribution in [3.05, 3.63) is 77.7 Å². The minimum atomic E-state index is 0.590. The first-order chi connectivity index (χ1) is 14.2. The summed E-state index contributed by atoms with van der Waals surface area (Å²) in [5.74, 6) is 1.74. The van der Waals surface area contributed by atoms with Gasteiger partial charge in [-0.2, -0.15) is 0 Å². The summed E-state index contributed by atoms with van der Waals surface area (Å²) < 4.78 is 5.30. The molecule has 0 saturated carbocycles. The average Bonchev–Trinajstić information content (AvgIpc) is 3.21. The molecule has 0 aliphatic rings. The molecule has 0 saturated heterocycles. The molecule has 2 N–H and O–H groups in total. The Labute approximate surface area is 172 Å². The third-order valence-electron chi connectivity index (χ3n) is 4.61. The third-order valence-corrected chi connectivity index (χ3v) is 4.61. The van der Waals surface area contributed by atoms with Gasteiger partial charge in [0.05, 0.1) is 31.6 Å². The molecule has 6 heteroatoms. The van der Waals surface area contributed by atoms with E-state index in [1.165, 1.54) is 5.56 Å². The highest BCUT2D eigenvalue weighted by Crippen LogP contribution is 2.16. The van der Waals surface area contributed by atoms with Crippen molar-refractivity contribution in [2.45, 2.75) is 26.6 Å². The lowest BCUT2D eigenvalue weighted by Gasteiger charge is -2.21. The van der Waals surface area contributed by atoms with Crippen LogP contribution in [0.15, 0.2) is 65.8 Å². The molecule has 6 nitrogen and oxygen atoms in total. The third kappa shape index (κ3) is 5.68. The van der Waals surface area contributed by atoms with Crippen LogP contribution in [0.2, 0.25) is 0 Å². The van der Waals surface area contributed by atoms with Crippen molar-refractivity contribution in [3.63, 3.8) is 0 Å². The monoisotopic (exact) mass is 391 g/mol. The Bertz CT molecular complexity index is 920. The van der Waals surface area contributed by atoms with Gasteiger partial charge in [-0.1, -0.05) is 54.6 Å². The number of imidazole rings is 1. The van der Waals surface area contributed by atoms with Gasteiger partial charge in [0.15, 0.2) is 5.96 Å². The molecular formula is C23H29N5O. The van der Waals surface area contributed by atoms with Crippen LogP contribution in [0.1, 0.15) is 23.9 Å². The Morgan fingerprint density at radius 1 is 1.10 bits per heavy atom. The van der Waals surface area contributed by atoms with Crippen LogP contribution in [-0.4, -0.2) is 41.5 Å². The number of guanidine groups is 1. The maximum absolute atomic E-state index is 5.30. The number of aromatic amines is 1. The van der Waals surface area contributed by atoms with Crippen molar-refractivity contribution in [2.75, 3.05) is 20.7 Å². The fourth-order valence-corrected chi connectivity index (χ4v) is 3.14. The molecule has 152 valence electrons. The minimum absolute atomic E-state index is 0.590. The highest BCUT2D eigenvalue weighted by molar-refractivity contribution is 5.79. The summed E-state index contributed by atoms with van der Waals surface area (Å²) in [6.07, 6.45) is 1.88. The summed E-state index contributed by atoms with van der Waals surface area (Å²) in [5.41, 5.74) is 4.48. The van der Waals surface area contributed by atoms with Gasteiger partial charge < -0.3 is 19.9 Å². The first kappa shape index (κ1) is 20.6. The summed E-state index contributed by atoms with van der Waals surface area (Å²) in [4.78, 5) is 14.8. The van der Waals surface area contributed by atoms with Gasteiger partial charge in [-0.25, -0.2) is 9.98 Å². The lowest BCUT2D eigenvalue weighted by Crippen LogP contribution is -2.38. The molecule has 0 aliphatic carbocycles. The number of aromatic nitrogens is 2. The number of ether oxygens (including phenoxy) is 1. The maximum atomic E-state index is 5.30. The standard InChI is InChI=1S/C23H29N5O/c1-4-24-23(26-14-19-12-8-9-13-20(19)17-29-3)28(2)16-22-25-15-21(27-22)18-10-6-5-7-11-18/h5-13,15H,4,14,16-17H2,1-3H3,(H,24,26)(H,25,27). The zero-order valence-corrected chi connectivity index (χ0v) is 17.4. The van der Waals surface area contributed by atoms with Crippen molar-refractivity contribution in [3.8, 4) is 11.3 Å². The largest absolute Gasteiger partial charge is 0.380 e. The highest BCUT2D eigenvalue weighted by atomic mass is 16.5. The van der Waals surface area contributed by atoms with Crippen LogP contribution in [0.25, 0.3) is 11.3 Å². The summed E-state index contributed by atoms with van der Waals surface area (Å²) in [7, 11) is 3.73. The number of hydrogen-bond donors (Lipinski definition) is 2. The Balaban J connectivity index is 1.70. The Hall–Kier alpha value is -3.12. The first-order valence-electron chi connectivity index (χ1n) is 9.85. The molecule has 0 aliphatic heterocycles. The van der Waals surface area contributed by atoms with Crippen LogP contribution >= 0.6 is 0 Å². The normalized spacial score (nSPS) is 11.5. The van der Waals surface area contributed by atoms with E-state index in [9.17, 15) is 0 Å². The number of benzene rings is 2. The molecule has 3 aromatic rings. The van der Waals surface area contributed by atoms with Gasteiger partial charge in [0.1, 0.15) is 5.82 Å². The average molecular weight is 392 g/mol. The molecule has 29 heavy (non-hydrogen) atoms.